The van der Waals surface area contributed by atoms with E-state index in [-0.39, 0.29) is 24.8 Å². The van der Waals surface area contributed by atoms with Gasteiger partial charge in [0, 0.05) is 80.5 Å². The van der Waals surface area contributed by atoms with Crippen molar-refractivity contribution in [3.05, 3.63) is 0 Å². The first-order chi connectivity index (χ1) is 15.9. The zero-order valence-electron chi connectivity index (χ0n) is 18.5. The minimum Gasteiger partial charge on any atom is -0.349 e. The van der Waals surface area contributed by atoms with Gasteiger partial charge >= 0.3 is 0 Å². The van der Waals surface area contributed by atoms with Crippen LogP contribution in [0, 0.1) is 0 Å². The molecule has 32 heavy (non-hydrogen) atoms. The van der Waals surface area contributed by atoms with Gasteiger partial charge in [0.15, 0.2) is 12.6 Å². The summed E-state index contributed by atoms with van der Waals surface area (Å²) in [5.41, 5.74) is 0. The molecule has 188 valence electrons. The van der Waals surface area contributed by atoms with Crippen LogP contribution in [0.25, 0.3) is 0 Å². The molecule has 4 aliphatic rings. The zero-order valence-corrected chi connectivity index (χ0v) is 25.1. The lowest BCUT2D eigenvalue weighted by Gasteiger charge is -2.41. The molecule has 0 spiro atoms. The number of fused-ring (bicyclic) bond motifs is 23. The van der Waals surface area contributed by atoms with Crippen LogP contribution in [-0.2, 0) is 18.9 Å². The fourth-order valence-corrected chi connectivity index (χ4v) is 12.4. The molecule has 4 atom stereocenters. The third-order valence-corrected chi connectivity index (χ3v) is 14.6. The van der Waals surface area contributed by atoms with Gasteiger partial charge in [-0.1, -0.05) is 21.6 Å². The standard InChI is InChI=1S/C20H36O4S8/c1-3-27-9-11-31-32-12-10-28-4-2-26-6-8-30-16-20-22-14-17-18(24-20)13-21-19(23-17)15-29-7-5-25-1/h17-20H,1-16H2/t17-,18-,19+,20+/m0/s1. The van der Waals surface area contributed by atoms with Gasteiger partial charge in [-0.25, -0.2) is 0 Å². The molecule has 4 heterocycles. The Kier molecular flexibility index (Phi) is 18.0. The predicted molar refractivity (Wildman–Crippen MR) is 158 cm³/mol. The van der Waals surface area contributed by atoms with E-state index < -0.39 is 0 Å². The molecule has 0 aliphatic carbocycles. The summed E-state index contributed by atoms with van der Waals surface area (Å²) < 4.78 is 24.0. The maximum atomic E-state index is 6.10. The fourth-order valence-electron chi connectivity index (χ4n) is 3.06. The van der Waals surface area contributed by atoms with Crippen molar-refractivity contribution in [2.45, 2.75) is 24.8 Å². The molecule has 4 bridgehead atoms. The van der Waals surface area contributed by atoms with E-state index in [2.05, 4.69) is 47.0 Å². The lowest BCUT2D eigenvalue weighted by atomic mass is 10.2. The van der Waals surface area contributed by atoms with Gasteiger partial charge in [-0.2, -0.15) is 70.6 Å². The Morgan fingerprint density at radius 2 is 0.750 bits per heavy atom. The Labute approximate surface area is 227 Å². The molecule has 0 aromatic carbocycles. The first kappa shape index (κ1) is 29.2. The van der Waals surface area contributed by atoms with Crippen LogP contribution in [0.4, 0.5) is 0 Å². The summed E-state index contributed by atoms with van der Waals surface area (Å²) in [7, 11) is 4.10. The Balaban J connectivity index is 1.31. The van der Waals surface area contributed by atoms with Crippen molar-refractivity contribution < 1.29 is 18.9 Å². The molecule has 0 unspecified atom stereocenters. The first-order valence-corrected chi connectivity index (χ1v) is 20.6. The van der Waals surface area contributed by atoms with Crippen LogP contribution in [0.2, 0.25) is 0 Å². The predicted octanol–water partition coefficient (Wildman–Crippen LogP) is 5.26. The summed E-state index contributed by atoms with van der Waals surface area (Å²) in [5, 5.41) is 0. The topological polar surface area (TPSA) is 36.9 Å². The van der Waals surface area contributed by atoms with Crippen LogP contribution >= 0.6 is 92.2 Å². The van der Waals surface area contributed by atoms with Crippen LogP contribution in [0.15, 0.2) is 0 Å². The largest absolute Gasteiger partial charge is 0.349 e. The number of hydrogen-bond acceptors (Lipinski definition) is 12. The molecule has 4 nitrogen and oxygen atoms in total. The van der Waals surface area contributed by atoms with E-state index in [1.54, 1.807) is 0 Å². The monoisotopic (exact) mass is 596 g/mol. The fraction of sp³-hybridized carbons (Fsp3) is 1.00. The summed E-state index contributed by atoms with van der Waals surface area (Å²) >= 11 is 12.2. The van der Waals surface area contributed by atoms with Crippen LogP contribution in [-0.4, -0.2) is 119 Å². The number of thioether (sulfide) groups is 6. The van der Waals surface area contributed by atoms with Crippen molar-refractivity contribution in [3.63, 3.8) is 0 Å². The number of hydrogen-bond donors (Lipinski definition) is 0. The minimum atomic E-state index is -0.127. The number of ether oxygens (including phenoxy) is 4. The third-order valence-electron chi connectivity index (χ3n) is 4.66. The smallest absolute Gasteiger partial charge is 0.167 e. The van der Waals surface area contributed by atoms with E-state index in [0.717, 1.165) is 23.0 Å². The highest BCUT2D eigenvalue weighted by Gasteiger charge is 2.38. The van der Waals surface area contributed by atoms with Gasteiger partial charge in [0.2, 0.25) is 0 Å². The zero-order chi connectivity index (χ0) is 22.1. The van der Waals surface area contributed by atoms with E-state index >= 15 is 0 Å². The van der Waals surface area contributed by atoms with Crippen LogP contribution in [0.5, 0.6) is 0 Å². The second-order valence-corrected chi connectivity index (χ2v) is 17.0. The molecule has 4 aliphatic heterocycles. The maximum Gasteiger partial charge on any atom is 0.167 e. The van der Waals surface area contributed by atoms with E-state index in [0.29, 0.717) is 13.2 Å². The highest BCUT2D eigenvalue weighted by Crippen LogP contribution is 2.27. The Morgan fingerprint density at radius 3 is 1.16 bits per heavy atom. The van der Waals surface area contributed by atoms with Crippen LogP contribution in [0.1, 0.15) is 0 Å². The van der Waals surface area contributed by atoms with Gasteiger partial charge in [-0.05, 0) is 0 Å². The second-order valence-electron chi connectivity index (χ2n) is 7.12. The first-order valence-electron chi connectivity index (χ1n) is 11.2. The average molecular weight is 597 g/mol. The molecule has 12 heteroatoms. The molecule has 0 aromatic heterocycles. The van der Waals surface area contributed by atoms with E-state index in [1.807, 2.05) is 45.1 Å². The average Bonchev–Trinajstić information content (AvgIpc) is 2.81. The third kappa shape index (κ3) is 13.3. The van der Waals surface area contributed by atoms with Crippen molar-refractivity contribution in [2.24, 2.45) is 0 Å². The van der Waals surface area contributed by atoms with Gasteiger partial charge in [-0.3, -0.25) is 0 Å². The lowest BCUT2D eigenvalue weighted by Crippen LogP contribution is -2.54. The molecular weight excluding hydrogens is 561 g/mol. The van der Waals surface area contributed by atoms with Gasteiger partial charge in [-0.15, -0.1) is 0 Å². The van der Waals surface area contributed by atoms with Crippen molar-refractivity contribution in [2.75, 3.05) is 93.8 Å². The van der Waals surface area contributed by atoms with Gasteiger partial charge in [0.05, 0.1) is 13.2 Å². The summed E-state index contributed by atoms with van der Waals surface area (Å²) in [6.07, 6.45) is -0.230. The van der Waals surface area contributed by atoms with Crippen molar-refractivity contribution in [1.29, 1.82) is 0 Å². The SMILES string of the molecule is C1CSCCSSCCSCCSCCSC[C@@H]2OC[C@@H]3O[C@H](CSCCS1)OC[C@@H]3O2. The maximum absolute atomic E-state index is 6.10. The second kappa shape index (κ2) is 19.7. The van der Waals surface area contributed by atoms with E-state index in [4.69, 9.17) is 18.9 Å². The number of rotatable bonds is 0. The molecular formula is C20H36O4S8. The minimum absolute atomic E-state index is 0.0125. The lowest BCUT2D eigenvalue weighted by molar-refractivity contribution is -0.326. The molecule has 0 radical (unpaired) electrons. The van der Waals surface area contributed by atoms with Gasteiger partial charge in [0.1, 0.15) is 12.2 Å². The van der Waals surface area contributed by atoms with Gasteiger partial charge in [0.25, 0.3) is 0 Å². The molecule has 4 saturated heterocycles. The highest BCUT2D eigenvalue weighted by molar-refractivity contribution is 8.76. The van der Waals surface area contributed by atoms with Crippen molar-refractivity contribution in [1.82, 2.24) is 0 Å². The Morgan fingerprint density at radius 1 is 0.406 bits per heavy atom. The molecule has 0 N–H and O–H groups in total. The molecule has 4 rings (SSSR count). The summed E-state index contributed by atoms with van der Waals surface area (Å²) in [5.74, 6) is 16.7. The van der Waals surface area contributed by atoms with Crippen LogP contribution < -0.4 is 0 Å². The normalized spacial score (nSPS) is 34.5. The molecule has 4 fully saturated rings. The Hall–Kier alpha value is 2.64. The molecule has 0 amide bonds. The summed E-state index contributed by atoms with van der Waals surface area (Å²) in [6.45, 7) is 1.24. The molecule has 0 aromatic rings. The highest BCUT2D eigenvalue weighted by atomic mass is 33.1. The van der Waals surface area contributed by atoms with Crippen LogP contribution in [0.3, 0.4) is 0 Å². The quantitative estimate of drug-likeness (QED) is 0.342. The molecule has 0 saturated carbocycles. The van der Waals surface area contributed by atoms with Gasteiger partial charge < -0.3 is 18.9 Å². The summed E-state index contributed by atoms with van der Waals surface area (Å²) in [6, 6.07) is 0. The Bertz CT molecular complexity index is 423. The summed E-state index contributed by atoms with van der Waals surface area (Å²) in [4.78, 5) is 0. The van der Waals surface area contributed by atoms with Crippen molar-refractivity contribution >= 4 is 92.2 Å². The van der Waals surface area contributed by atoms with E-state index in [9.17, 15) is 0 Å². The van der Waals surface area contributed by atoms with E-state index in [1.165, 1.54) is 57.5 Å². The van der Waals surface area contributed by atoms with Crippen molar-refractivity contribution in [3.8, 4) is 0 Å².